The van der Waals surface area contributed by atoms with E-state index >= 15 is 0 Å². The first-order chi connectivity index (χ1) is 9.22. The zero-order chi connectivity index (χ0) is 13.7. The third-order valence-corrected chi connectivity index (χ3v) is 3.77. The molecule has 0 saturated carbocycles. The highest BCUT2D eigenvalue weighted by atomic mass is 79.9. The van der Waals surface area contributed by atoms with Crippen LogP contribution < -0.4 is 5.32 Å². The van der Waals surface area contributed by atoms with Crippen molar-refractivity contribution in [2.75, 3.05) is 6.54 Å². The summed E-state index contributed by atoms with van der Waals surface area (Å²) in [7, 11) is 0. The van der Waals surface area contributed by atoms with E-state index in [0.717, 1.165) is 30.9 Å². The van der Waals surface area contributed by atoms with Crippen molar-refractivity contribution < 1.29 is 4.39 Å². The molecular weight excluding hydrogens is 309 g/mol. The lowest BCUT2D eigenvalue weighted by Gasteiger charge is -2.10. The summed E-state index contributed by atoms with van der Waals surface area (Å²) >= 11 is 3.29. The minimum atomic E-state index is -0.233. The van der Waals surface area contributed by atoms with Gasteiger partial charge in [-0.25, -0.2) is 9.37 Å². The van der Waals surface area contributed by atoms with E-state index in [1.165, 1.54) is 6.07 Å². The second-order valence-electron chi connectivity index (χ2n) is 4.36. The van der Waals surface area contributed by atoms with Gasteiger partial charge < -0.3 is 9.88 Å². The van der Waals surface area contributed by atoms with Crippen LogP contribution >= 0.6 is 15.9 Å². The van der Waals surface area contributed by atoms with Gasteiger partial charge in [-0.15, -0.1) is 0 Å². The average molecular weight is 326 g/mol. The Balaban J connectivity index is 2.11. The van der Waals surface area contributed by atoms with Gasteiger partial charge in [0.1, 0.15) is 11.6 Å². The number of nitrogens with zero attached hydrogens (tertiary/aromatic N) is 2. The number of rotatable bonds is 6. The van der Waals surface area contributed by atoms with Crippen LogP contribution in [0.15, 0.2) is 35.1 Å². The van der Waals surface area contributed by atoms with E-state index in [-0.39, 0.29) is 5.82 Å². The molecule has 0 saturated heterocycles. The maximum atomic E-state index is 13.5. The van der Waals surface area contributed by atoms with Gasteiger partial charge in [0.25, 0.3) is 0 Å². The van der Waals surface area contributed by atoms with Gasteiger partial charge in [0, 0.05) is 12.4 Å². The number of benzene rings is 1. The summed E-state index contributed by atoms with van der Waals surface area (Å²) in [6.45, 7) is 4.44. The van der Waals surface area contributed by atoms with Crippen molar-refractivity contribution in [3.05, 3.63) is 52.3 Å². The third kappa shape index (κ3) is 3.64. The maximum Gasteiger partial charge on any atom is 0.137 e. The zero-order valence-corrected chi connectivity index (χ0v) is 12.5. The highest BCUT2D eigenvalue weighted by molar-refractivity contribution is 9.10. The minimum Gasteiger partial charge on any atom is -0.329 e. The first-order valence-corrected chi connectivity index (χ1v) is 7.15. The van der Waals surface area contributed by atoms with Crippen LogP contribution in [0.2, 0.25) is 0 Å². The molecule has 0 radical (unpaired) electrons. The van der Waals surface area contributed by atoms with E-state index in [9.17, 15) is 4.39 Å². The standard InChI is InChI=1S/C14H17BrFN3/c1-2-6-17-9-13-18-7-8-19(13)10-11-4-3-5-12(16)14(11)15/h3-5,7-8,17H,2,6,9-10H2,1H3. The van der Waals surface area contributed by atoms with Crippen LogP contribution in [-0.2, 0) is 13.1 Å². The van der Waals surface area contributed by atoms with E-state index in [1.807, 2.05) is 16.8 Å². The summed E-state index contributed by atoms with van der Waals surface area (Å²) in [6.07, 6.45) is 4.78. The first-order valence-electron chi connectivity index (χ1n) is 6.36. The quantitative estimate of drug-likeness (QED) is 0.825. The Labute approximate surface area is 121 Å². The van der Waals surface area contributed by atoms with Gasteiger partial charge in [0.15, 0.2) is 0 Å². The Morgan fingerprint density at radius 3 is 3.05 bits per heavy atom. The lowest BCUT2D eigenvalue weighted by molar-refractivity contribution is 0.603. The molecule has 102 valence electrons. The number of imidazole rings is 1. The molecule has 0 fully saturated rings. The Bertz CT molecular complexity index is 539. The van der Waals surface area contributed by atoms with E-state index in [4.69, 9.17) is 0 Å². The monoisotopic (exact) mass is 325 g/mol. The largest absolute Gasteiger partial charge is 0.329 e. The van der Waals surface area contributed by atoms with Crippen molar-refractivity contribution >= 4 is 15.9 Å². The molecule has 1 aromatic heterocycles. The molecule has 1 aromatic carbocycles. The molecule has 2 aromatic rings. The Morgan fingerprint density at radius 2 is 2.26 bits per heavy atom. The molecule has 0 bridgehead atoms. The fourth-order valence-corrected chi connectivity index (χ4v) is 2.27. The number of hydrogen-bond donors (Lipinski definition) is 1. The first kappa shape index (κ1) is 14.2. The van der Waals surface area contributed by atoms with Gasteiger partial charge in [-0.1, -0.05) is 19.1 Å². The molecule has 0 aliphatic carbocycles. The second kappa shape index (κ2) is 6.82. The van der Waals surface area contributed by atoms with Gasteiger partial charge in [-0.2, -0.15) is 0 Å². The van der Waals surface area contributed by atoms with Crippen molar-refractivity contribution in [3.63, 3.8) is 0 Å². The van der Waals surface area contributed by atoms with Gasteiger partial charge in [0.05, 0.1) is 17.6 Å². The van der Waals surface area contributed by atoms with E-state index in [1.54, 1.807) is 12.3 Å². The molecule has 3 nitrogen and oxygen atoms in total. The normalized spacial score (nSPS) is 10.9. The smallest absolute Gasteiger partial charge is 0.137 e. The van der Waals surface area contributed by atoms with E-state index < -0.39 is 0 Å². The molecule has 0 aliphatic rings. The van der Waals surface area contributed by atoms with Crippen LogP contribution in [0, 0.1) is 5.82 Å². The topological polar surface area (TPSA) is 29.9 Å². The van der Waals surface area contributed by atoms with Crippen molar-refractivity contribution in [2.45, 2.75) is 26.4 Å². The highest BCUT2D eigenvalue weighted by Gasteiger charge is 2.08. The molecule has 0 unspecified atom stereocenters. The molecule has 2 rings (SSSR count). The molecular formula is C14H17BrFN3. The van der Waals surface area contributed by atoms with Crippen molar-refractivity contribution in [2.24, 2.45) is 0 Å². The Hall–Kier alpha value is -1.20. The summed E-state index contributed by atoms with van der Waals surface area (Å²) in [4.78, 5) is 4.33. The predicted octanol–water partition coefficient (Wildman–Crippen LogP) is 3.33. The SMILES string of the molecule is CCCNCc1nccn1Cc1cccc(F)c1Br. The number of hydrogen-bond acceptors (Lipinski definition) is 2. The fourth-order valence-electron chi connectivity index (χ4n) is 1.88. The minimum absolute atomic E-state index is 0.233. The molecule has 19 heavy (non-hydrogen) atoms. The Morgan fingerprint density at radius 1 is 1.42 bits per heavy atom. The molecule has 0 amide bonds. The lowest BCUT2D eigenvalue weighted by Crippen LogP contribution is -2.18. The Kier molecular flexibility index (Phi) is 5.10. The molecule has 0 aliphatic heterocycles. The number of aromatic nitrogens is 2. The van der Waals surface area contributed by atoms with Crippen LogP contribution in [0.5, 0.6) is 0 Å². The molecule has 0 spiro atoms. The fraction of sp³-hybridized carbons (Fsp3) is 0.357. The van der Waals surface area contributed by atoms with Crippen LogP contribution in [-0.4, -0.2) is 16.1 Å². The van der Waals surface area contributed by atoms with Crippen LogP contribution in [0.1, 0.15) is 24.7 Å². The average Bonchev–Trinajstić information content (AvgIpc) is 2.83. The van der Waals surface area contributed by atoms with E-state index in [0.29, 0.717) is 11.0 Å². The predicted molar refractivity (Wildman–Crippen MR) is 77.4 cm³/mol. The summed E-state index contributed by atoms with van der Waals surface area (Å²) in [6, 6.07) is 5.09. The van der Waals surface area contributed by atoms with Gasteiger partial charge in [-0.05, 0) is 40.5 Å². The molecule has 1 N–H and O–H groups in total. The van der Waals surface area contributed by atoms with Crippen LogP contribution in [0.25, 0.3) is 0 Å². The highest BCUT2D eigenvalue weighted by Crippen LogP contribution is 2.21. The summed E-state index contributed by atoms with van der Waals surface area (Å²) < 4.78 is 16.0. The van der Waals surface area contributed by atoms with Crippen molar-refractivity contribution in [1.82, 2.24) is 14.9 Å². The summed E-state index contributed by atoms with van der Waals surface area (Å²) in [5.74, 6) is 0.730. The van der Waals surface area contributed by atoms with Crippen LogP contribution in [0.4, 0.5) is 4.39 Å². The van der Waals surface area contributed by atoms with Gasteiger partial charge >= 0.3 is 0 Å². The van der Waals surface area contributed by atoms with Gasteiger partial charge in [-0.3, -0.25) is 0 Å². The summed E-state index contributed by atoms with van der Waals surface area (Å²) in [5.41, 5.74) is 0.912. The molecule has 0 atom stereocenters. The zero-order valence-electron chi connectivity index (χ0n) is 10.9. The van der Waals surface area contributed by atoms with E-state index in [2.05, 4.69) is 33.2 Å². The maximum absolute atomic E-state index is 13.5. The van der Waals surface area contributed by atoms with Crippen molar-refractivity contribution in [1.29, 1.82) is 0 Å². The van der Waals surface area contributed by atoms with Crippen LogP contribution in [0.3, 0.4) is 0 Å². The third-order valence-electron chi connectivity index (χ3n) is 2.88. The van der Waals surface area contributed by atoms with Crippen molar-refractivity contribution in [3.8, 4) is 0 Å². The molecule has 1 heterocycles. The number of nitrogens with one attached hydrogen (secondary N) is 1. The second-order valence-corrected chi connectivity index (χ2v) is 5.15. The number of halogens is 2. The summed E-state index contributed by atoms with van der Waals surface area (Å²) in [5, 5.41) is 3.32. The lowest BCUT2D eigenvalue weighted by atomic mass is 10.2. The van der Waals surface area contributed by atoms with Gasteiger partial charge in [0.2, 0.25) is 0 Å². The molecule has 5 heteroatoms.